The number of aryl methyl sites for hydroxylation is 1. The van der Waals surface area contributed by atoms with Gasteiger partial charge >= 0.3 is 0 Å². The lowest BCUT2D eigenvalue weighted by molar-refractivity contribution is 0.621. The molecular formula is C13H12FIN2. The number of aromatic nitrogens is 1. The summed E-state index contributed by atoms with van der Waals surface area (Å²) in [5.74, 6) is -0.201. The summed E-state index contributed by atoms with van der Waals surface area (Å²) in [6.45, 7) is 2.60. The Morgan fingerprint density at radius 1 is 1.29 bits per heavy atom. The van der Waals surface area contributed by atoms with Gasteiger partial charge in [0.2, 0.25) is 0 Å². The maximum atomic E-state index is 13.3. The third-order valence-corrected chi connectivity index (χ3v) is 3.48. The number of pyridine rings is 1. The van der Waals surface area contributed by atoms with E-state index in [-0.39, 0.29) is 5.82 Å². The summed E-state index contributed by atoms with van der Waals surface area (Å²) in [5, 5.41) is 3.18. The van der Waals surface area contributed by atoms with Crippen molar-refractivity contribution < 1.29 is 4.39 Å². The third kappa shape index (κ3) is 3.15. The summed E-state index contributed by atoms with van der Waals surface area (Å²) < 4.78 is 13.9. The van der Waals surface area contributed by atoms with Crippen LogP contribution in [0.4, 0.5) is 10.1 Å². The standard InChI is InChI=1S/C13H12FIN2/c1-9-5-6-10(16-7-9)8-17-12-4-2-3-11(14)13(12)15/h2-7,17H,8H2,1H3. The molecule has 2 rings (SSSR count). The van der Waals surface area contributed by atoms with Gasteiger partial charge in [0.1, 0.15) is 5.82 Å². The van der Waals surface area contributed by atoms with Crippen LogP contribution in [0.25, 0.3) is 0 Å². The van der Waals surface area contributed by atoms with Gasteiger partial charge in [-0.05, 0) is 53.3 Å². The molecular weight excluding hydrogens is 330 g/mol. The fourth-order valence-electron chi connectivity index (χ4n) is 1.43. The smallest absolute Gasteiger partial charge is 0.138 e. The fraction of sp³-hybridized carbons (Fsp3) is 0.154. The maximum absolute atomic E-state index is 13.3. The fourth-order valence-corrected chi connectivity index (χ4v) is 1.98. The van der Waals surface area contributed by atoms with E-state index in [0.717, 1.165) is 16.9 Å². The highest BCUT2D eigenvalue weighted by atomic mass is 127. The van der Waals surface area contributed by atoms with Crippen LogP contribution >= 0.6 is 22.6 Å². The Morgan fingerprint density at radius 3 is 2.82 bits per heavy atom. The molecule has 0 aliphatic carbocycles. The lowest BCUT2D eigenvalue weighted by Gasteiger charge is -2.08. The molecule has 0 fully saturated rings. The van der Waals surface area contributed by atoms with E-state index in [9.17, 15) is 4.39 Å². The molecule has 0 saturated carbocycles. The first-order valence-electron chi connectivity index (χ1n) is 5.26. The minimum atomic E-state index is -0.201. The molecule has 1 N–H and O–H groups in total. The SMILES string of the molecule is Cc1ccc(CNc2cccc(F)c2I)nc1. The number of anilines is 1. The molecule has 0 atom stereocenters. The number of nitrogens with zero attached hydrogens (tertiary/aromatic N) is 1. The first kappa shape index (κ1) is 12.3. The predicted molar refractivity (Wildman–Crippen MR) is 75.4 cm³/mol. The summed E-state index contributed by atoms with van der Waals surface area (Å²) in [5.41, 5.74) is 2.87. The first-order chi connectivity index (χ1) is 8.16. The maximum Gasteiger partial charge on any atom is 0.138 e. The van der Waals surface area contributed by atoms with Crippen molar-refractivity contribution in [3.05, 3.63) is 57.2 Å². The van der Waals surface area contributed by atoms with Crippen molar-refractivity contribution in [3.63, 3.8) is 0 Å². The monoisotopic (exact) mass is 342 g/mol. The van der Waals surface area contributed by atoms with Crippen molar-refractivity contribution >= 4 is 28.3 Å². The van der Waals surface area contributed by atoms with Gasteiger partial charge in [0.15, 0.2) is 0 Å². The molecule has 0 bridgehead atoms. The molecule has 0 aliphatic heterocycles. The number of halogens is 2. The lowest BCUT2D eigenvalue weighted by Crippen LogP contribution is -2.03. The van der Waals surface area contributed by atoms with Gasteiger partial charge in [-0.3, -0.25) is 4.98 Å². The number of nitrogens with one attached hydrogen (secondary N) is 1. The van der Waals surface area contributed by atoms with Crippen molar-refractivity contribution in [3.8, 4) is 0 Å². The van der Waals surface area contributed by atoms with Crippen molar-refractivity contribution in [2.24, 2.45) is 0 Å². The topological polar surface area (TPSA) is 24.9 Å². The first-order valence-corrected chi connectivity index (χ1v) is 6.34. The molecule has 0 aliphatic rings. The summed E-state index contributed by atoms with van der Waals surface area (Å²) in [7, 11) is 0. The zero-order chi connectivity index (χ0) is 12.3. The molecule has 1 aromatic carbocycles. The average Bonchev–Trinajstić information content (AvgIpc) is 2.33. The summed E-state index contributed by atoms with van der Waals surface area (Å²) in [6, 6.07) is 8.99. The van der Waals surface area contributed by atoms with Gasteiger partial charge in [-0.1, -0.05) is 12.1 Å². The molecule has 88 valence electrons. The van der Waals surface area contributed by atoms with Crippen LogP contribution in [-0.2, 0) is 6.54 Å². The van der Waals surface area contributed by atoms with E-state index in [2.05, 4.69) is 10.3 Å². The van der Waals surface area contributed by atoms with Crippen LogP contribution in [0.5, 0.6) is 0 Å². The molecule has 0 amide bonds. The molecule has 17 heavy (non-hydrogen) atoms. The van der Waals surface area contributed by atoms with Crippen molar-refractivity contribution in [1.29, 1.82) is 0 Å². The van der Waals surface area contributed by atoms with Crippen LogP contribution in [0.2, 0.25) is 0 Å². The van der Waals surface area contributed by atoms with Crippen LogP contribution in [-0.4, -0.2) is 4.98 Å². The summed E-state index contributed by atoms with van der Waals surface area (Å²) >= 11 is 2.00. The molecule has 1 aromatic heterocycles. The molecule has 0 saturated heterocycles. The second kappa shape index (κ2) is 5.44. The molecule has 4 heteroatoms. The van der Waals surface area contributed by atoms with E-state index < -0.39 is 0 Å². The van der Waals surface area contributed by atoms with E-state index >= 15 is 0 Å². The van der Waals surface area contributed by atoms with Crippen LogP contribution in [0.1, 0.15) is 11.3 Å². The largest absolute Gasteiger partial charge is 0.378 e. The van der Waals surface area contributed by atoms with Crippen LogP contribution in [0.3, 0.4) is 0 Å². The predicted octanol–water partition coefficient (Wildman–Crippen LogP) is 3.75. The number of hydrogen-bond donors (Lipinski definition) is 1. The summed E-state index contributed by atoms with van der Waals surface area (Å²) in [4.78, 5) is 4.29. The Balaban J connectivity index is 2.07. The Hall–Kier alpha value is -1.17. The van der Waals surface area contributed by atoms with E-state index in [1.54, 1.807) is 6.07 Å². The highest BCUT2D eigenvalue weighted by molar-refractivity contribution is 14.1. The van der Waals surface area contributed by atoms with E-state index in [1.165, 1.54) is 6.07 Å². The Morgan fingerprint density at radius 2 is 2.12 bits per heavy atom. The van der Waals surface area contributed by atoms with Crippen LogP contribution < -0.4 is 5.32 Å². The average molecular weight is 342 g/mol. The molecule has 0 unspecified atom stereocenters. The minimum Gasteiger partial charge on any atom is -0.378 e. The molecule has 2 nitrogen and oxygen atoms in total. The number of hydrogen-bond acceptors (Lipinski definition) is 2. The van der Waals surface area contributed by atoms with Crippen molar-refractivity contribution in [2.75, 3.05) is 5.32 Å². The Bertz CT molecular complexity index is 511. The highest BCUT2D eigenvalue weighted by Gasteiger charge is 2.04. The van der Waals surface area contributed by atoms with E-state index in [1.807, 2.05) is 53.9 Å². The third-order valence-electron chi connectivity index (χ3n) is 2.38. The zero-order valence-electron chi connectivity index (χ0n) is 9.37. The molecule has 0 radical (unpaired) electrons. The van der Waals surface area contributed by atoms with Gasteiger partial charge in [0, 0.05) is 6.20 Å². The minimum absolute atomic E-state index is 0.201. The molecule has 0 spiro atoms. The molecule has 2 aromatic rings. The second-order valence-corrected chi connectivity index (χ2v) is 4.86. The van der Waals surface area contributed by atoms with E-state index in [0.29, 0.717) is 10.1 Å². The Labute approximate surface area is 113 Å². The van der Waals surface area contributed by atoms with E-state index in [4.69, 9.17) is 0 Å². The highest BCUT2D eigenvalue weighted by Crippen LogP contribution is 2.21. The Kier molecular flexibility index (Phi) is 3.93. The van der Waals surface area contributed by atoms with Crippen LogP contribution in [0.15, 0.2) is 36.5 Å². The summed E-state index contributed by atoms with van der Waals surface area (Å²) in [6.07, 6.45) is 1.83. The van der Waals surface area contributed by atoms with Gasteiger partial charge in [0.25, 0.3) is 0 Å². The molecule has 1 heterocycles. The van der Waals surface area contributed by atoms with Gasteiger partial charge in [-0.15, -0.1) is 0 Å². The second-order valence-electron chi connectivity index (χ2n) is 3.78. The number of benzene rings is 1. The van der Waals surface area contributed by atoms with Gasteiger partial charge in [-0.2, -0.15) is 0 Å². The van der Waals surface area contributed by atoms with Crippen LogP contribution in [0, 0.1) is 16.3 Å². The lowest BCUT2D eigenvalue weighted by atomic mass is 10.2. The number of rotatable bonds is 3. The quantitative estimate of drug-likeness (QED) is 0.860. The van der Waals surface area contributed by atoms with Crippen molar-refractivity contribution in [1.82, 2.24) is 4.98 Å². The van der Waals surface area contributed by atoms with Crippen molar-refractivity contribution in [2.45, 2.75) is 13.5 Å². The normalized spacial score (nSPS) is 10.3. The van der Waals surface area contributed by atoms with Gasteiger partial charge in [0.05, 0.1) is 21.5 Å². The van der Waals surface area contributed by atoms with Gasteiger partial charge < -0.3 is 5.32 Å². The zero-order valence-corrected chi connectivity index (χ0v) is 11.5. The van der Waals surface area contributed by atoms with Gasteiger partial charge in [-0.25, -0.2) is 4.39 Å².